The molecule has 0 aromatic carbocycles. The van der Waals surface area contributed by atoms with E-state index >= 15 is 0 Å². The Morgan fingerprint density at radius 3 is 2.71 bits per heavy atom. The maximum Gasteiger partial charge on any atom is 0.246 e. The molecule has 4 heterocycles. The van der Waals surface area contributed by atoms with Crippen LogP contribution in [-0.2, 0) is 0 Å². The van der Waals surface area contributed by atoms with Crippen LogP contribution in [0.3, 0.4) is 0 Å². The SMILES string of the molecule is c1cc(C2CCNc3nc(N4CCNCC4)nn32)ccn1. The van der Waals surface area contributed by atoms with E-state index in [2.05, 4.69) is 37.6 Å². The second-order valence-corrected chi connectivity index (χ2v) is 5.43. The van der Waals surface area contributed by atoms with Gasteiger partial charge in [0.15, 0.2) is 0 Å². The molecule has 1 atom stereocenters. The predicted molar refractivity (Wildman–Crippen MR) is 80.6 cm³/mol. The highest BCUT2D eigenvalue weighted by molar-refractivity contribution is 5.41. The Hall–Kier alpha value is -2.15. The first-order valence-corrected chi connectivity index (χ1v) is 7.48. The summed E-state index contributed by atoms with van der Waals surface area (Å²) in [6.45, 7) is 4.83. The summed E-state index contributed by atoms with van der Waals surface area (Å²) in [7, 11) is 0. The molecule has 0 spiro atoms. The molecule has 21 heavy (non-hydrogen) atoms. The third-order valence-corrected chi connectivity index (χ3v) is 4.11. The lowest BCUT2D eigenvalue weighted by atomic mass is 10.0. The van der Waals surface area contributed by atoms with Gasteiger partial charge in [-0.2, -0.15) is 4.98 Å². The Morgan fingerprint density at radius 1 is 1.10 bits per heavy atom. The molecule has 110 valence electrons. The molecule has 7 nitrogen and oxygen atoms in total. The number of piperazine rings is 1. The number of rotatable bonds is 2. The van der Waals surface area contributed by atoms with E-state index in [-0.39, 0.29) is 6.04 Å². The molecule has 2 aromatic rings. The van der Waals surface area contributed by atoms with E-state index in [1.165, 1.54) is 5.56 Å². The molecule has 7 heteroatoms. The lowest BCUT2D eigenvalue weighted by Gasteiger charge is -2.26. The van der Waals surface area contributed by atoms with E-state index in [1.54, 1.807) is 0 Å². The van der Waals surface area contributed by atoms with E-state index < -0.39 is 0 Å². The summed E-state index contributed by atoms with van der Waals surface area (Å²) in [5, 5.41) is 11.5. The molecule has 2 aliphatic heterocycles. The van der Waals surface area contributed by atoms with E-state index in [9.17, 15) is 0 Å². The highest BCUT2D eigenvalue weighted by atomic mass is 15.5. The zero-order valence-electron chi connectivity index (χ0n) is 11.9. The van der Waals surface area contributed by atoms with Crippen LogP contribution in [0, 0.1) is 0 Å². The smallest absolute Gasteiger partial charge is 0.246 e. The number of pyridine rings is 1. The van der Waals surface area contributed by atoms with Crippen molar-refractivity contribution in [1.82, 2.24) is 25.1 Å². The fraction of sp³-hybridized carbons (Fsp3) is 0.500. The van der Waals surface area contributed by atoms with Gasteiger partial charge in [0.05, 0.1) is 6.04 Å². The molecular weight excluding hydrogens is 266 g/mol. The van der Waals surface area contributed by atoms with Gasteiger partial charge < -0.3 is 15.5 Å². The Bertz CT molecular complexity index is 603. The first-order chi connectivity index (χ1) is 10.4. The summed E-state index contributed by atoms with van der Waals surface area (Å²) in [4.78, 5) is 11.0. The number of hydrogen-bond acceptors (Lipinski definition) is 6. The Balaban J connectivity index is 1.66. The van der Waals surface area contributed by atoms with Crippen LogP contribution in [0.1, 0.15) is 18.0 Å². The van der Waals surface area contributed by atoms with Gasteiger partial charge in [0.25, 0.3) is 0 Å². The average molecular weight is 285 g/mol. The highest BCUT2D eigenvalue weighted by Crippen LogP contribution is 2.29. The summed E-state index contributed by atoms with van der Waals surface area (Å²) in [6.07, 6.45) is 4.69. The van der Waals surface area contributed by atoms with Crippen molar-refractivity contribution in [3.63, 3.8) is 0 Å². The molecule has 2 aromatic heterocycles. The Labute approximate surface area is 123 Å². The third kappa shape index (κ3) is 2.33. The number of aromatic nitrogens is 4. The van der Waals surface area contributed by atoms with E-state index in [0.29, 0.717) is 0 Å². The first kappa shape index (κ1) is 12.6. The molecule has 2 N–H and O–H groups in total. The maximum absolute atomic E-state index is 4.75. The van der Waals surface area contributed by atoms with E-state index in [1.807, 2.05) is 17.1 Å². The number of nitrogens with one attached hydrogen (secondary N) is 2. The standard InChI is InChI=1S/C14H19N7/c1-4-15-5-2-11(1)12-3-6-17-13-18-14(19-21(12)13)20-9-7-16-8-10-20/h1-2,4-5,12,16H,3,6-10H2,(H,17,18,19). The summed E-state index contributed by atoms with van der Waals surface area (Å²) in [5.41, 5.74) is 1.24. The zero-order valence-corrected chi connectivity index (χ0v) is 11.9. The molecule has 0 bridgehead atoms. The summed E-state index contributed by atoms with van der Waals surface area (Å²) >= 11 is 0. The molecule has 1 unspecified atom stereocenters. The van der Waals surface area contributed by atoms with Crippen molar-refractivity contribution in [3.05, 3.63) is 30.1 Å². The quantitative estimate of drug-likeness (QED) is 0.837. The van der Waals surface area contributed by atoms with Crippen LogP contribution >= 0.6 is 0 Å². The van der Waals surface area contributed by atoms with Gasteiger partial charge in [0, 0.05) is 45.1 Å². The van der Waals surface area contributed by atoms with Crippen molar-refractivity contribution in [2.75, 3.05) is 42.9 Å². The maximum atomic E-state index is 4.75. The minimum Gasteiger partial charge on any atom is -0.354 e. The van der Waals surface area contributed by atoms with Gasteiger partial charge in [-0.15, -0.1) is 5.10 Å². The van der Waals surface area contributed by atoms with Crippen molar-refractivity contribution < 1.29 is 0 Å². The molecule has 1 fully saturated rings. The van der Waals surface area contributed by atoms with Crippen LogP contribution in [0.5, 0.6) is 0 Å². The third-order valence-electron chi connectivity index (χ3n) is 4.11. The van der Waals surface area contributed by atoms with Crippen LogP contribution in [0.4, 0.5) is 11.9 Å². The molecule has 1 saturated heterocycles. The van der Waals surface area contributed by atoms with E-state index in [0.717, 1.165) is 51.0 Å². The second kappa shape index (κ2) is 5.33. The van der Waals surface area contributed by atoms with Crippen molar-refractivity contribution in [2.24, 2.45) is 0 Å². The van der Waals surface area contributed by atoms with Crippen LogP contribution in [0.15, 0.2) is 24.5 Å². The van der Waals surface area contributed by atoms with Gasteiger partial charge in [-0.05, 0) is 24.1 Å². The molecule has 0 radical (unpaired) electrons. The van der Waals surface area contributed by atoms with Gasteiger partial charge in [0.1, 0.15) is 0 Å². The molecule has 2 aliphatic rings. The topological polar surface area (TPSA) is 70.9 Å². The van der Waals surface area contributed by atoms with E-state index in [4.69, 9.17) is 5.10 Å². The minimum atomic E-state index is 0.244. The lowest BCUT2D eigenvalue weighted by molar-refractivity contribution is 0.477. The fourth-order valence-corrected chi connectivity index (χ4v) is 2.99. The summed E-state index contributed by atoms with van der Waals surface area (Å²) in [6, 6.07) is 4.37. The number of nitrogens with zero attached hydrogens (tertiary/aromatic N) is 5. The minimum absolute atomic E-state index is 0.244. The van der Waals surface area contributed by atoms with Crippen LogP contribution in [0.25, 0.3) is 0 Å². The van der Waals surface area contributed by atoms with Crippen molar-refractivity contribution in [3.8, 4) is 0 Å². The second-order valence-electron chi connectivity index (χ2n) is 5.43. The molecule has 0 saturated carbocycles. The largest absolute Gasteiger partial charge is 0.354 e. The molecule has 0 aliphatic carbocycles. The average Bonchev–Trinajstić information content (AvgIpc) is 3.00. The number of anilines is 2. The van der Waals surface area contributed by atoms with Gasteiger partial charge >= 0.3 is 0 Å². The Kier molecular flexibility index (Phi) is 3.19. The normalized spacial score (nSPS) is 21.7. The van der Waals surface area contributed by atoms with Crippen LogP contribution in [0.2, 0.25) is 0 Å². The summed E-state index contributed by atoms with van der Waals surface area (Å²) < 4.78 is 2.02. The van der Waals surface area contributed by atoms with Crippen molar-refractivity contribution >= 4 is 11.9 Å². The monoisotopic (exact) mass is 285 g/mol. The molecular formula is C14H19N7. The number of hydrogen-bond donors (Lipinski definition) is 2. The lowest BCUT2D eigenvalue weighted by Crippen LogP contribution is -2.44. The van der Waals surface area contributed by atoms with Gasteiger partial charge in [-0.25, -0.2) is 4.68 Å². The first-order valence-electron chi connectivity index (χ1n) is 7.48. The fourth-order valence-electron chi connectivity index (χ4n) is 2.99. The predicted octanol–water partition coefficient (Wildman–Crippen LogP) is 0.488. The Morgan fingerprint density at radius 2 is 1.90 bits per heavy atom. The highest BCUT2D eigenvalue weighted by Gasteiger charge is 2.26. The molecule has 4 rings (SSSR count). The summed E-state index contributed by atoms with van der Waals surface area (Å²) in [5.74, 6) is 1.71. The van der Waals surface area contributed by atoms with Gasteiger partial charge in [-0.1, -0.05) is 0 Å². The van der Waals surface area contributed by atoms with Crippen molar-refractivity contribution in [1.29, 1.82) is 0 Å². The van der Waals surface area contributed by atoms with Crippen molar-refractivity contribution in [2.45, 2.75) is 12.5 Å². The van der Waals surface area contributed by atoms with Crippen LogP contribution in [-0.4, -0.2) is 52.5 Å². The van der Waals surface area contributed by atoms with Crippen LogP contribution < -0.4 is 15.5 Å². The van der Waals surface area contributed by atoms with Gasteiger partial charge in [0.2, 0.25) is 11.9 Å². The zero-order chi connectivity index (χ0) is 14.1. The molecule has 0 amide bonds. The number of fused-ring (bicyclic) bond motifs is 1. The van der Waals surface area contributed by atoms with Gasteiger partial charge in [-0.3, -0.25) is 4.98 Å².